The van der Waals surface area contributed by atoms with Crippen molar-refractivity contribution in [2.45, 2.75) is 32.1 Å². The highest BCUT2D eigenvalue weighted by atomic mass is 16.7. The quantitative estimate of drug-likeness (QED) is 0.117. The number of imidazole rings is 1. The third-order valence-electron chi connectivity index (χ3n) is 6.87. The first-order chi connectivity index (χ1) is 18.3. The van der Waals surface area contributed by atoms with Gasteiger partial charge in [-0.15, -0.1) is 0 Å². The van der Waals surface area contributed by atoms with Gasteiger partial charge in [-0.25, -0.2) is 9.78 Å². The molecule has 0 bridgehead atoms. The highest BCUT2D eigenvalue weighted by Crippen LogP contribution is 2.44. The molecule has 0 saturated carbocycles. The number of aromatic nitrogens is 2. The van der Waals surface area contributed by atoms with Crippen molar-refractivity contribution < 1.29 is 23.9 Å². The van der Waals surface area contributed by atoms with Crippen molar-refractivity contribution in [3.8, 4) is 0 Å². The number of carbonyl (C=O) groups excluding carboxylic acids is 1. The fourth-order valence-corrected chi connectivity index (χ4v) is 4.78. The number of nitro groups is 1. The Bertz CT molecular complexity index is 1490. The number of esters is 1. The molecule has 196 valence electrons. The molecule has 0 saturated heterocycles. The van der Waals surface area contributed by atoms with Crippen LogP contribution in [0.1, 0.15) is 38.9 Å². The Hall–Kier alpha value is -4.28. The number of nitrogens with zero attached hydrogens (tertiary/aromatic N) is 3. The average molecular weight is 517 g/mol. The van der Waals surface area contributed by atoms with Gasteiger partial charge < -0.3 is 23.9 Å². The number of nitrogens with one attached hydrogen (secondary N) is 1. The van der Waals surface area contributed by atoms with Crippen LogP contribution < -0.4 is 5.32 Å². The molecule has 5 rings (SSSR count). The van der Waals surface area contributed by atoms with Crippen LogP contribution in [-0.2, 0) is 20.6 Å². The summed E-state index contributed by atoms with van der Waals surface area (Å²) in [6.45, 7) is 4.46. The largest absolute Gasteiger partial charge is 0.426 e. The van der Waals surface area contributed by atoms with E-state index in [2.05, 4.69) is 5.32 Å². The molecule has 1 N–H and O–H groups in total. The molecule has 3 heterocycles. The van der Waals surface area contributed by atoms with Crippen molar-refractivity contribution in [1.29, 1.82) is 0 Å². The summed E-state index contributed by atoms with van der Waals surface area (Å²) in [7, 11) is 1.57. The number of aryl methyl sites for hydroxylation is 2. The molecule has 0 amide bonds. The zero-order chi connectivity index (χ0) is 26.9. The third kappa shape index (κ3) is 4.59. The van der Waals surface area contributed by atoms with Crippen LogP contribution in [0.3, 0.4) is 0 Å². The smallest absolute Gasteiger partial charge is 0.340 e. The van der Waals surface area contributed by atoms with E-state index in [0.29, 0.717) is 6.61 Å². The van der Waals surface area contributed by atoms with Crippen molar-refractivity contribution in [2.75, 3.05) is 25.6 Å². The first-order valence-corrected chi connectivity index (χ1v) is 12.2. The van der Waals surface area contributed by atoms with E-state index in [1.54, 1.807) is 7.11 Å². The van der Waals surface area contributed by atoms with Gasteiger partial charge >= 0.3 is 5.97 Å². The minimum atomic E-state index is -1.44. The van der Waals surface area contributed by atoms with Gasteiger partial charge in [-0.05, 0) is 43.2 Å². The van der Waals surface area contributed by atoms with Crippen LogP contribution in [0.2, 0.25) is 0 Å². The minimum absolute atomic E-state index is 0.114. The molecule has 0 fully saturated rings. The summed E-state index contributed by atoms with van der Waals surface area (Å²) >= 11 is 0. The second-order valence-electron chi connectivity index (χ2n) is 9.20. The third-order valence-corrected chi connectivity index (χ3v) is 6.87. The number of methoxy groups -OCH3 is 1. The van der Waals surface area contributed by atoms with E-state index in [4.69, 9.17) is 19.2 Å². The fraction of sp³-hybridized carbons (Fsp3) is 0.286. The molecule has 1 aliphatic rings. The molecule has 1 aliphatic heterocycles. The molecular formula is C28H28N4O6. The molecule has 0 aliphatic carbocycles. The van der Waals surface area contributed by atoms with Crippen molar-refractivity contribution in [2.24, 2.45) is 0 Å². The number of fused-ring (bicyclic) bond motifs is 3. The van der Waals surface area contributed by atoms with Crippen LogP contribution in [0.15, 0.2) is 66.9 Å². The Morgan fingerprint density at radius 3 is 2.55 bits per heavy atom. The molecular weight excluding hydrogens is 488 g/mol. The highest BCUT2D eigenvalue weighted by Gasteiger charge is 2.49. The van der Waals surface area contributed by atoms with E-state index in [1.807, 2.05) is 60.8 Å². The van der Waals surface area contributed by atoms with Crippen LogP contribution in [0.4, 0.5) is 11.4 Å². The molecule has 38 heavy (non-hydrogen) atoms. The maximum Gasteiger partial charge on any atom is 0.340 e. The summed E-state index contributed by atoms with van der Waals surface area (Å²) in [5, 5.41) is 14.7. The fourth-order valence-electron chi connectivity index (χ4n) is 4.78. The second-order valence-corrected chi connectivity index (χ2v) is 9.20. The molecule has 10 heteroatoms. The number of hydrogen-bond acceptors (Lipinski definition) is 8. The number of hydrogen-bond donors (Lipinski definition) is 1. The summed E-state index contributed by atoms with van der Waals surface area (Å²) in [5.41, 5.74) is 5.39. The highest BCUT2D eigenvalue weighted by molar-refractivity contribution is 5.90. The number of carbonyl (C=O) groups is 1. The molecule has 10 nitrogen and oxygen atoms in total. The average Bonchev–Trinajstić information content (AvgIpc) is 3.22. The zero-order valence-corrected chi connectivity index (χ0v) is 21.3. The van der Waals surface area contributed by atoms with E-state index < -0.39 is 22.7 Å². The lowest BCUT2D eigenvalue weighted by Gasteiger charge is -2.44. The number of nitro benzene ring substituents is 1. The van der Waals surface area contributed by atoms with Crippen molar-refractivity contribution in [3.05, 3.63) is 105 Å². The van der Waals surface area contributed by atoms with Crippen LogP contribution in [-0.4, -0.2) is 46.4 Å². The predicted octanol–water partition coefficient (Wildman–Crippen LogP) is 4.78. The van der Waals surface area contributed by atoms with E-state index in [1.165, 1.54) is 24.3 Å². The van der Waals surface area contributed by atoms with Gasteiger partial charge in [0.1, 0.15) is 6.04 Å². The minimum Gasteiger partial charge on any atom is -0.426 e. The van der Waals surface area contributed by atoms with Crippen LogP contribution in [0, 0.1) is 24.0 Å². The van der Waals surface area contributed by atoms with Gasteiger partial charge in [0, 0.05) is 37.6 Å². The number of anilines is 1. The molecule has 4 aromatic rings. The Labute approximate surface area is 219 Å². The van der Waals surface area contributed by atoms with Gasteiger partial charge in [0.15, 0.2) is 5.65 Å². The van der Waals surface area contributed by atoms with Crippen LogP contribution >= 0.6 is 0 Å². The van der Waals surface area contributed by atoms with Crippen molar-refractivity contribution in [1.82, 2.24) is 9.38 Å². The van der Waals surface area contributed by atoms with Crippen molar-refractivity contribution >= 4 is 23.0 Å². The topological polar surface area (TPSA) is 117 Å². The van der Waals surface area contributed by atoms with Gasteiger partial charge in [0.05, 0.1) is 35.1 Å². The van der Waals surface area contributed by atoms with E-state index in [0.717, 1.165) is 33.8 Å². The number of non-ortho nitro benzene ring substituents is 1. The SMILES string of the molecule is COCCOC1(OC(=O)c2ccc([N+](=O)[O-])cc2)Cc2ccn3c(C)c(C)nc3c2NC1c1ccccc1. The van der Waals surface area contributed by atoms with E-state index >= 15 is 0 Å². The Kier molecular flexibility index (Phi) is 6.83. The number of rotatable bonds is 8. The lowest BCUT2D eigenvalue weighted by atomic mass is 9.87. The molecule has 2 aromatic heterocycles. The molecule has 2 aromatic carbocycles. The van der Waals surface area contributed by atoms with E-state index in [-0.39, 0.29) is 24.3 Å². The van der Waals surface area contributed by atoms with Gasteiger partial charge in [0.2, 0.25) is 5.79 Å². The standard InChI is InChI=1S/C28H28N4O6/c1-18-19(2)31-14-13-22-17-28(37-16-15-36-3,38-27(33)21-9-11-23(12-10-21)32(34)35)25(20-7-5-4-6-8-20)30-24(22)26(31)29-18/h4-14,25,30H,15-17H2,1-3H3. The Morgan fingerprint density at radius 2 is 1.87 bits per heavy atom. The predicted molar refractivity (Wildman–Crippen MR) is 140 cm³/mol. The van der Waals surface area contributed by atoms with Gasteiger partial charge in [-0.3, -0.25) is 10.1 Å². The Morgan fingerprint density at radius 1 is 1.13 bits per heavy atom. The molecule has 2 atom stereocenters. The summed E-state index contributed by atoms with van der Waals surface area (Å²) < 4.78 is 19.8. The summed E-state index contributed by atoms with van der Waals surface area (Å²) in [6, 6.07) is 16.3. The van der Waals surface area contributed by atoms with Gasteiger partial charge in [0.25, 0.3) is 5.69 Å². The van der Waals surface area contributed by atoms with Crippen LogP contribution in [0.25, 0.3) is 5.65 Å². The van der Waals surface area contributed by atoms with E-state index in [9.17, 15) is 14.9 Å². The maximum atomic E-state index is 13.4. The monoisotopic (exact) mass is 516 g/mol. The Balaban J connectivity index is 1.61. The summed E-state index contributed by atoms with van der Waals surface area (Å²) in [4.78, 5) is 28.8. The molecule has 2 unspecified atom stereocenters. The first kappa shape index (κ1) is 25.4. The zero-order valence-electron chi connectivity index (χ0n) is 21.3. The summed E-state index contributed by atoms with van der Waals surface area (Å²) in [6.07, 6.45) is 2.20. The lowest BCUT2D eigenvalue weighted by Crippen LogP contribution is -2.52. The molecule has 0 spiro atoms. The maximum absolute atomic E-state index is 13.4. The summed E-state index contributed by atoms with van der Waals surface area (Å²) in [5.74, 6) is -2.10. The molecule has 0 radical (unpaired) electrons. The lowest BCUT2D eigenvalue weighted by molar-refractivity contribution is -0.384. The first-order valence-electron chi connectivity index (χ1n) is 12.2. The number of benzene rings is 2. The normalized spacial score (nSPS) is 18.6. The van der Waals surface area contributed by atoms with Crippen LogP contribution in [0.5, 0.6) is 0 Å². The number of pyridine rings is 1. The second kappa shape index (κ2) is 10.2. The van der Waals surface area contributed by atoms with Crippen molar-refractivity contribution in [3.63, 3.8) is 0 Å². The number of ether oxygens (including phenoxy) is 3. The van der Waals surface area contributed by atoms with Gasteiger partial charge in [-0.1, -0.05) is 30.3 Å². The van der Waals surface area contributed by atoms with Gasteiger partial charge in [-0.2, -0.15) is 0 Å².